The van der Waals surface area contributed by atoms with Gasteiger partial charge in [-0.25, -0.2) is 4.68 Å². The molecule has 1 aliphatic rings. The van der Waals surface area contributed by atoms with E-state index in [1.165, 1.54) is 0 Å². The minimum atomic E-state index is -0.300. The SMILES string of the molecule is O=C(NCc1csc(=O)[nH]1)c1cn(C2CNC2)nn1. The zero-order chi connectivity index (χ0) is 13.2. The highest BCUT2D eigenvalue weighted by atomic mass is 32.1. The zero-order valence-corrected chi connectivity index (χ0v) is 10.7. The van der Waals surface area contributed by atoms with Crippen LogP contribution in [0.15, 0.2) is 16.4 Å². The Bertz CT molecular complexity index is 640. The maximum absolute atomic E-state index is 11.8. The highest BCUT2D eigenvalue weighted by Gasteiger charge is 2.21. The molecule has 2 aromatic heterocycles. The number of H-pyrrole nitrogens is 1. The van der Waals surface area contributed by atoms with Crippen LogP contribution in [0.25, 0.3) is 0 Å². The minimum absolute atomic E-state index is 0.132. The van der Waals surface area contributed by atoms with Crippen LogP contribution in [-0.4, -0.2) is 39.0 Å². The minimum Gasteiger partial charge on any atom is -0.345 e. The van der Waals surface area contributed by atoms with Crippen LogP contribution < -0.4 is 15.5 Å². The number of nitrogens with one attached hydrogen (secondary N) is 3. The van der Waals surface area contributed by atoms with E-state index in [4.69, 9.17) is 0 Å². The van der Waals surface area contributed by atoms with E-state index in [2.05, 4.69) is 25.9 Å². The molecule has 0 radical (unpaired) electrons. The van der Waals surface area contributed by atoms with Gasteiger partial charge in [0, 0.05) is 24.2 Å². The highest BCUT2D eigenvalue weighted by molar-refractivity contribution is 7.07. The molecule has 0 bridgehead atoms. The topological polar surface area (TPSA) is 105 Å². The second kappa shape index (κ2) is 4.94. The van der Waals surface area contributed by atoms with Crippen molar-refractivity contribution >= 4 is 17.2 Å². The molecule has 0 aliphatic carbocycles. The van der Waals surface area contributed by atoms with E-state index in [0.717, 1.165) is 24.4 Å². The van der Waals surface area contributed by atoms with Crippen molar-refractivity contribution in [1.29, 1.82) is 0 Å². The summed E-state index contributed by atoms with van der Waals surface area (Å²) in [6, 6.07) is 0.280. The maximum Gasteiger partial charge on any atom is 0.304 e. The van der Waals surface area contributed by atoms with Crippen LogP contribution >= 0.6 is 11.3 Å². The number of hydrogen-bond acceptors (Lipinski definition) is 6. The number of thiazole rings is 1. The van der Waals surface area contributed by atoms with Crippen LogP contribution in [0.4, 0.5) is 0 Å². The smallest absolute Gasteiger partial charge is 0.304 e. The molecule has 0 unspecified atom stereocenters. The molecule has 100 valence electrons. The first-order chi connectivity index (χ1) is 9.22. The monoisotopic (exact) mass is 280 g/mol. The third-order valence-electron chi connectivity index (χ3n) is 2.89. The van der Waals surface area contributed by atoms with Crippen LogP contribution in [-0.2, 0) is 6.54 Å². The number of carbonyl (C=O) groups is 1. The van der Waals surface area contributed by atoms with Crippen molar-refractivity contribution < 1.29 is 4.79 Å². The van der Waals surface area contributed by atoms with Crippen molar-refractivity contribution in [3.63, 3.8) is 0 Å². The molecule has 1 amide bonds. The van der Waals surface area contributed by atoms with Crippen molar-refractivity contribution in [2.75, 3.05) is 13.1 Å². The molecular weight excluding hydrogens is 268 g/mol. The number of hydrogen-bond donors (Lipinski definition) is 3. The van der Waals surface area contributed by atoms with Crippen LogP contribution in [0.2, 0.25) is 0 Å². The van der Waals surface area contributed by atoms with Gasteiger partial charge < -0.3 is 15.6 Å². The average Bonchev–Trinajstić information content (AvgIpc) is 2.93. The first-order valence-electron chi connectivity index (χ1n) is 5.80. The Kier molecular flexibility index (Phi) is 3.13. The normalized spacial score (nSPS) is 15.2. The summed E-state index contributed by atoms with van der Waals surface area (Å²) < 4.78 is 1.69. The van der Waals surface area contributed by atoms with Crippen molar-refractivity contribution in [2.24, 2.45) is 0 Å². The molecule has 2 aromatic rings. The van der Waals surface area contributed by atoms with E-state index in [1.807, 2.05) is 0 Å². The summed E-state index contributed by atoms with van der Waals surface area (Å²) in [5.74, 6) is -0.300. The van der Waals surface area contributed by atoms with Gasteiger partial charge in [-0.3, -0.25) is 9.59 Å². The molecule has 1 saturated heterocycles. The van der Waals surface area contributed by atoms with Crippen molar-refractivity contribution in [2.45, 2.75) is 12.6 Å². The van der Waals surface area contributed by atoms with E-state index in [1.54, 1.807) is 16.3 Å². The number of amides is 1. The van der Waals surface area contributed by atoms with Gasteiger partial charge in [0.2, 0.25) is 0 Å². The number of aromatic amines is 1. The van der Waals surface area contributed by atoms with Gasteiger partial charge in [0.1, 0.15) is 0 Å². The van der Waals surface area contributed by atoms with E-state index in [9.17, 15) is 9.59 Å². The highest BCUT2D eigenvalue weighted by Crippen LogP contribution is 2.09. The molecule has 9 heteroatoms. The Morgan fingerprint density at radius 1 is 1.58 bits per heavy atom. The molecule has 8 nitrogen and oxygen atoms in total. The fraction of sp³-hybridized carbons (Fsp3) is 0.400. The fourth-order valence-electron chi connectivity index (χ4n) is 1.69. The molecular formula is C10H12N6O2S. The second-order valence-electron chi connectivity index (χ2n) is 4.25. The molecule has 0 atom stereocenters. The Hall–Kier alpha value is -2.00. The predicted molar refractivity (Wildman–Crippen MR) is 68.0 cm³/mol. The van der Waals surface area contributed by atoms with Crippen LogP contribution in [0, 0.1) is 0 Å². The summed E-state index contributed by atoms with van der Waals surface area (Å²) in [5.41, 5.74) is 0.961. The van der Waals surface area contributed by atoms with Crippen LogP contribution in [0.3, 0.4) is 0 Å². The number of carbonyl (C=O) groups excluding carboxylic acids is 1. The van der Waals surface area contributed by atoms with Crippen LogP contribution in [0.1, 0.15) is 22.2 Å². The summed E-state index contributed by atoms with van der Waals surface area (Å²) in [4.78, 5) is 25.3. The van der Waals surface area contributed by atoms with Gasteiger partial charge in [-0.1, -0.05) is 16.6 Å². The maximum atomic E-state index is 11.8. The zero-order valence-electron chi connectivity index (χ0n) is 9.92. The van der Waals surface area contributed by atoms with E-state index in [-0.39, 0.29) is 29.1 Å². The standard InChI is InChI=1S/C10H12N6O2S/c17-9(12-1-6-5-19-10(18)13-6)8-4-16(15-14-8)7-2-11-3-7/h4-5,7,11H,1-3H2,(H,12,17)(H,13,18). The van der Waals surface area contributed by atoms with Gasteiger partial charge in [0.25, 0.3) is 5.91 Å². The van der Waals surface area contributed by atoms with Gasteiger partial charge in [0.15, 0.2) is 5.69 Å². The van der Waals surface area contributed by atoms with E-state index >= 15 is 0 Å². The molecule has 0 aromatic carbocycles. The summed E-state index contributed by atoms with van der Waals surface area (Å²) in [7, 11) is 0. The van der Waals surface area contributed by atoms with E-state index < -0.39 is 0 Å². The molecule has 3 rings (SSSR count). The Labute approximate surface area is 111 Å². The van der Waals surface area contributed by atoms with Gasteiger partial charge in [-0.2, -0.15) is 0 Å². The Balaban J connectivity index is 1.60. The quantitative estimate of drug-likeness (QED) is 0.673. The number of aromatic nitrogens is 4. The third kappa shape index (κ3) is 2.56. The molecule has 1 aliphatic heterocycles. The fourth-order valence-corrected chi connectivity index (χ4v) is 2.27. The largest absolute Gasteiger partial charge is 0.345 e. The summed E-state index contributed by atoms with van der Waals surface area (Å²) in [6.07, 6.45) is 1.64. The molecule has 3 heterocycles. The van der Waals surface area contributed by atoms with Crippen molar-refractivity contribution in [3.05, 3.63) is 32.6 Å². The average molecular weight is 280 g/mol. The van der Waals surface area contributed by atoms with Crippen molar-refractivity contribution in [3.8, 4) is 0 Å². The van der Waals surface area contributed by atoms with Crippen molar-refractivity contribution in [1.82, 2.24) is 30.6 Å². The number of nitrogens with zero attached hydrogens (tertiary/aromatic N) is 3. The first-order valence-corrected chi connectivity index (χ1v) is 6.68. The lowest BCUT2D eigenvalue weighted by Gasteiger charge is -2.26. The molecule has 3 N–H and O–H groups in total. The lowest BCUT2D eigenvalue weighted by molar-refractivity contribution is 0.0945. The van der Waals surface area contributed by atoms with E-state index in [0.29, 0.717) is 5.69 Å². The lowest BCUT2D eigenvalue weighted by Crippen LogP contribution is -2.43. The Morgan fingerprint density at radius 3 is 3.05 bits per heavy atom. The summed E-state index contributed by atoms with van der Waals surface area (Å²) in [5, 5.41) is 15.3. The van der Waals surface area contributed by atoms with Gasteiger partial charge >= 0.3 is 4.87 Å². The molecule has 19 heavy (non-hydrogen) atoms. The van der Waals surface area contributed by atoms with Gasteiger partial charge in [-0.15, -0.1) is 5.10 Å². The van der Waals surface area contributed by atoms with Gasteiger partial charge in [-0.05, 0) is 0 Å². The summed E-state index contributed by atoms with van der Waals surface area (Å²) in [6.45, 7) is 1.97. The third-order valence-corrected chi connectivity index (χ3v) is 3.61. The number of rotatable bonds is 4. The van der Waals surface area contributed by atoms with Gasteiger partial charge in [0.05, 0.1) is 18.8 Å². The second-order valence-corrected chi connectivity index (χ2v) is 5.09. The predicted octanol–water partition coefficient (Wildman–Crippen LogP) is -0.898. The molecule has 0 saturated carbocycles. The Morgan fingerprint density at radius 2 is 2.42 bits per heavy atom. The lowest BCUT2D eigenvalue weighted by atomic mass is 10.2. The molecule has 0 spiro atoms. The summed E-state index contributed by atoms with van der Waals surface area (Å²) >= 11 is 1.07. The molecule has 1 fully saturated rings. The van der Waals surface area contributed by atoms with Crippen LogP contribution in [0.5, 0.6) is 0 Å². The first kappa shape index (κ1) is 12.1.